The Hall–Kier alpha value is -3.58. The highest BCUT2D eigenvalue weighted by Crippen LogP contribution is 2.36. The minimum Gasteiger partial charge on any atom is -0.341 e. The lowest BCUT2D eigenvalue weighted by Gasteiger charge is -2.42. The van der Waals surface area contributed by atoms with Crippen LogP contribution in [0.1, 0.15) is 23.8 Å². The maximum Gasteiger partial charge on any atom is 0.415 e. The van der Waals surface area contributed by atoms with Crippen molar-refractivity contribution in [2.75, 3.05) is 26.7 Å². The molecular formula is C22H25F5N8O. The fourth-order valence-electron chi connectivity index (χ4n) is 4.39. The molecule has 0 spiro atoms. The minimum atomic E-state index is -4.48. The molecule has 4 heterocycles. The molecular weight excluding hydrogens is 487 g/mol. The Balaban J connectivity index is 1.62. The largest absolute Gasteiger partial charge is 0.415 e. The van der Waals surface area contributed by atoms with Crippen LogP contribution in [0.15, 0.2) is 41.4 Å². The summed E-state index contributed by atoms with van der Waals surface area (Å²) in [6, 6.07) is 0.867. The molecule has 0 bridgehead atoms. The molecule has 0 aliphatic carbocycles. The molecule has 1 amide bonds. The normalized spacial score (nSPS) is 23.4. The van der Waals surface area contributed by atoms with E-state index < -0.39 is 55.0 Å². The van der Waals surface area contributed by atoms with Gasteiger partial charge in [-0.2, -0.15) is 18.3 Å². The van der Waals surface area contributed by atoms with Gasteiger partial charge in [-0.3, -0.25) is 14.5 Å². The van der Waals surface area contributed by atoms with Crippen molar-refractivity contribution >= 4 is 11.9 Å². The third kappa shape index (κ3) is 5.31. The highest BCUT2D eigenvalue weighted by atomic mass is 19.4. The molecule has 1 saturated heterocycles. The molecule has 14 heteroatoms. The number of guanidine groups is 1. The SMILES string of the molecule is C[C@@H]1CC(F)(F)CN(C(=O)c2nn(C)cc2-c2ncccn2)C1CN=C1NC=C(C(F)(F)F)CN1C. The van der Waals surface area contributed by atoms with Gasteiger partial charge < -0.3 is 15.1 Å². The Morgan fingerprint density at radius 3 is 2.58 bits per heavy atom. The molecule has 9 nitrogen and oxygen atoms in total. The number of piperidine rings is 1. The number of hydrogen-bond acceptors (Lipinski definition) is 5. The number of aromatic nitrogens is 4. The molecule has 1 N–H and O–H groups in total. The number of carbonyl (C=O) groups is 1. The molecule has 2 aliphatic rings. The van der Waals surface area contributed by atoms with E-state index in [4.69, 9.17) is 0 Å². The molecule has 4 rings (SSSR count). The lowest BCUT2D eigenvalue weighted by atomic mass is 9.88. The van der Waals surface area contributed by atoms with E-state index in [2.05, 4.69) is 25.4 Å². The number of rotatable bonds is 4. The lowest BCUT2D eigenvalue weighted by molar-refractivity contribution is -0.0951. The van der Waals surface area contributed by atoms with Crippen molar-refractivity contribution in [1.29, 1.82) is 0 Å². The van der Waals surface area contributed by atoms with Crippen LogP contribution in [0.5, 0.6) is 0 Å². The monoisotopic (exact) mass is 512 g/mol. The van der Waals surface area contributed by atoms with Gasteiger partial charge in [0.25, 0.3) is 11.8 Å². The standard InChI is InChI=1S/C22H25F5N8O/c1-13-7-21(23,24)12-35(16(13)9-31-20-30-8-14(10-33(20)2)22(25,26)27)19(36)17-15(11-34(3)32-17)18-28-5-4-6-29-18/h4-6,8,11,13,16H,7,9-10,12H2,1-3H3,(H,30,31)/t13-,16?/m1/s1. The number of nitrogens with zero attached hydrogens (tertiary/aromatic N) is 7. The first-order chi connectivity index (χ1) is 16.9. The third-order valence-electron chi connectivity index (χ3n) is 6.12. The van der Waals surface area contributed by atoms with Crippen LogP contribution < -0.4 is 5.32 Å². The number of carbonyl (C=O) groups excluding carboxylic acids is 1. The van der Waals surface area contributed by atoms with Gasteiger partial charge in [-0.05, 0) is 12.0 Å². The average Bonchev–Trinajstić information content (AvgIpc) is 3.19. The van der Waals surface area contributed by atoms with Gasteiger partial charge in [-0.15, -0.1) is 0 Å². The van der Waals surface area contributed by atoms with Gasteiger partial charge in [0.15, 0.2) is 17.5 Å². The summed E-state index contributed by atoms with van der Waals surface area (Å²) in [7, 11) is 3.03. The number of likely N-dealkylation sites (N-methyl/N-ethyl adjacent to an activating group) is 1. The van der Waals surface area contributed by atoms with E-state index in [9.17, 15) is 26.7 Å². The molecule has 194 valence electrons. The van der Waals surface area contributed by atoms with Crippen LogP contribution in [0.4, 0.5) is 22.0 Å². The summed E-state index contributed by atoms with van der Waals surface area (Å²) in [4.78, 5) is 28.5. The molecule has 1 unspecified atom stereocenters. The van der Waals surface area contributed by atoms with E-state index in [1.165, 1.54) is 35.2 Å². The van der Waals surface area contributed by atoms with Crippen molar-refractivity contribution in [2.24, 2.45) is 18.0 Å². The molecule has 0 saturated carbocycles. The van der Waals surface area contributed by atoms with E-state index in [1.54, 1.807) is 20.0 Å². The summed E-state index contributed by atoms with van der Waals surface area (Å²) < 4.78 is 69.5. The van der Waals surface area contributed by atoms with E-state index in [1.807, 2.05) is 0 Å². The molecule has 2 aromatic rings. The Morgan fingerprint density at radius 2 is 1.94 bits per heavy atom. The number of likely N-dealkylation sites (tertiary alicyclic amines) is 1. The molecule has 36 heavy (non-hydrogen) atoms. The number of aryl methyl sites for hydroxylation is 1. The van der Waals surface area contributed by atoms with E-state index in [0.29, 0.717) is 5.56 Å². The maximum atomic E-state index is 14.6. The van der Waals surface area contributed by atoms with Crippen LogP contribution in [0.25, 0.3) is 11.4 Å². The Kier molecular flexibility index (Phi) is 6.71. The van der Waals surface area contributed by atoms with Gasteiger partial charge in [-0.25, -0.2) is 18.7 Å². The van der Waals surface area contributed by atoms with E-state index in [-0.39, 0.29) is 24.0 Å². The van der Waals surface area contributed by atoms with Crippen molar-refractivity contribution in [1.82, 2.24) is 34.9 Å². The lowest BCUT2D eigenvalue weighted by Crippen LogP contribution is -2.56. The predicted octanol–water partition coefficient (Wildman–Crippen LogP) is 2.70. The Labute approximate surface area is 203 Å². The number of nitrogens with one attached hydrogen (secondary N) is 1. The van der Waals surface area contributed by atoms with Gasteiger partial charge in [-0.1, -0.05) is 6.92 Å². The van der Waals surface area contributed by atoms with Gasteiger partial charge in [0, 0.05) is 45.3 Å². The zero-order valence-corrected chi connectivity index (χ0v) is 19.8. The second kappa shape index (κ2) is 9.47. The summed E-state index contributed by atoms with van der Waals surface area (Å²) in [5, 5.41) is 6.71. The topological polar surface area (TPSA) is 91.5 Å². The quantitative estimate of drug-likeness (QED) is 0.634. The first kappa shape index (κ1) is 25.5. The summed E-state index contributed by atoms with van der Waals surface area (Å²) in [5.74, 6) is -4.11. The Morgan fingerprint density at radius 1 is 1.25 bits per heavy atom. The van der Waals surface area contributed by atoms with Crippen molar-refractivity contribution < 1.29 is 26.7 Å². The molecule has 0 radical (unpaired) electrons. The summed E-state index contributed by atoms with van der Waals surface area (Å²) in [6.07, 6.45) is 0.416. The summed E-state index contributed by atoms with van der Waals surface area (Å²) in [5.41, 5.74) is -0.539. The second-order valence-electron chi connectivity index (χ2n) is 9.01. The number of hydrogen-bond donors (Lipinski definition) is 1. The summed E-state index contributed by atoms with van der Waals surface area (Å²) >= 11 is 0. The third-order valence-corrected chi connectivity index (χ3v) is 6.12. The van der Waals surface area contributed by atoms with Gasteiger partial charge in [0.1, 0.15) is 0 Å². The van der Waals surface area contributed by atoms with Gasteiger partial charge >= 0.3 is 6.18 Å². The number of aliphatic imine (C=N–C) groups is 1. The van der Waals surface area contributed by atoms with Crippen molar-refractivity contribution in [3.8, 4) is 11.4 Å². The average molecular weight is 512 g/mol. The smallest absolute Gasteiger partial charge is 0.341 e. The van der Waals surface area contributed by atoms with E-state index >= 15 is 0 Å². The van der Waals surface area contributed by atoms with Gasteiger partial charge in [0.2, 0.25) is 0 Å². The van der Waals surface area contributed by atoms with Crippen LogP contribution in [0, 0.1) is 5.92 Å². The van der Waals surface area contributed by atoms with Crippen LogP contribution >= 0.6 is 0 Å². The molecule has 2 aliphatic heterocycles. The first-order valence-corrected chi connectivity index (χ1v) is 11.1. The van der Waals surface area contributed by atoms with Gasteiger partial charge in [0.05, 0.1) is 36.8 Å². The fraction of sp³-hybridized carbons (Fsp3) is 0.500. The molecule has 2 aromatic heterocycles. The highest BCUT2D eigenvalue weighted by molar-refractivity contribution is 5.98. The highest BCUT2D eigenvalue weighted by Gasteiger charge is 2.47. The number of halogens is 5. The first-order valence-electron chi connectivity index (χ1n) is 11.1. The number of amides is 1. The number of alkyl halides is 5. The van der Waals surface area contributed by atoms with Crippen molar-refractivity contribution in [3.63, 3.8) is 0 Å². The minimum absolute atomic E-state index is 0.0723. The van der Waals surface area contributed by atoms with Crippen molar-refractivity contribution in [3.05, 3.63) is 42.1 Å². The van der Waals surface area contributed by atoms with E-state index in [0.717, 1.165) is 11.1 Å². The zero-order valence-electron chi connectivity index (χ0n) is 19.8. The van der Waals surface area contributed by atoms with Crippen LogP contribution in [-0.2, 0) is 7.05 Å². The fourth-order valence-corrected chi connectivity index (χ4v) is 4.39. The van der Waals surface area contributed by atoms with Crippen molar-refractivity contribution in [2.45, 2.75) is 31.5 Å². The Bertz CT molecular complexity index is 1180. The second-order valence-corrected chi connectivity index (χ2v) is 9.01. The molecule has 1 fully saturated rings. The van der Waals surface area contributed by atoms with Crippen LogP contribution in [0.2, 0.25) is 0 Å². The maximum absolute atomic E-state index is 14.6. The summed E-state index contributed by atoms with van der Waals surface area (Å²) in [6.45, 7) is 0.260. The van der Waals surface area contributed by atoms with Crippen LogP contribution in [-0.4, -0.2) is 86.2 Å². The van der Waals surface area contributed by atoms with Crippen LogP contribution in [0.3, 0.4) is 0 Å². The predicted molar refractivity (Wildman–Crippen MR) is 120 cm³/mol. The molecule has 2 atom stereocenters. The molecule has 0 aromatic carbocycles. The zero-order chi connectivity index (χ0) is 26.3.